The van der Waals surface area contributed by atoms with Crippen LogP contribution in [0.4, 0.5) is 0 Å². The Bertz CT molecular complexity index is 52.5. The first kappa shape index (κ1) is 7.92. The number of nitrogens with one attached hydrogen (secondary N) is 2. The van der Waals surface area contributed by atoms with Crippen molar-refractivity contribution in [3.63, 3.8) is 0 Å². The first-order valence-electron chi connectivity index (χ1n) is 3.10. The molecule has 0 aromatic rings. The van der Waals surface area contributed by atoms with Crippen molar-refractivity contribution in [2.45, 2.75) is 33.0 Å². The molecule has 0 bridgehead atoms. The largest absolute Gasteiger partial charge is 0.305 e. The Morgan fingerprint density at radius 2 is 1.62 bits per heavy atom. The van der Waals surface area contributed by atoms with Crippen molar-refractivity contribution >= 4 is 0 Å². The molecule has 0 saturated carbocycles. The highest BCUT2D eigenvalue weighted by Crippen LogP contribution is 1.78. The van der Waals surface area contributed by atoms with Crippen LogP contribution in [0.2, 0.25) is 0 Å². The minimum Gasteiger partial charge on any atom is -0.305 e. The summed E-state index contributed by atoms with van der Waals surface area (Å²) in [6, 6.07) is 0.567. The molecule has 2 N–H and O–H groups in total. The van der Waals surface area contributed by atoms with Gasteiger partial charge in [-0.15, -0.1) is 0 Å². The highest BCUT2D eigenvalue weighted by atomic mass is 15.1. The summed E-state index contributed by atoms with van der Waals surface area (Å²) in [4.78, 5) is 0. The summed E-state index contributed by atoms with van der Waals surface area (Å²) in [5, 5.41) is 6.37. The van der Waals surface area contributed by atoms with Gasteiger partial charge in [0, 0.05) is 6.04 Å². The van der Waals surface area contributed by atoms with Crippen molar-refractivity contribution in [2.75, 3.05) is 7.05 Å². The molecule has 0 aliphatic carbocycles. The van der Waals surface area contributed by atoms with Gasteiger partial charge in [-0.1, -0.05) is 0 Å². The van der Waals surface area contributed by atoms with Crippen molar-refractivity contribution in [1.82, 2.24) is 10.6 Å². The smallest absolute Gasteiger partial charge is 0.0541 e. The third kappa shape index (κ3) is 4.09. The van der Waals surface area contributed by atoms with Gasteiger partial charge in [-0.3, -0.25) is 5.32 Å². The summed E-state index contributed by atoms with van der Waals surface area (Å²) < 4.78 is 0. The van der Waals surface area contributed by atoms with Crippen LogP contribution < -0.4 is 10.6 Å². The van der Waals surface area contributed by atoms with Crippen LogP contribution in [0.1, 0.15) is 20.8 Å². The van der Waals surface area contributed by atoms with Crippen molar-refractivity contribution in [3.05, 3.63) is 0 Å². The van der Waals surface area contributed by atoms with Gasteiger partial charge < -0.3 is 5.32 Å². The molecular formula is C6H16N2. The van der Waals surface area contributed by atoms with E-state index in [1.807, 2.05) is 7.05 Å². The molecule has 2 heteroatoms. The maximum Gasteiger partial charge on any atom is 0.0541 e. The number of rotatable bonds is 3. The molecule has 0 aromatic heterocycles. The van der Waals surface area contributed by atoms with E-state index in [4.69, 9.17) is 0 Å². The highest BCUT2D eigenvalue weighted by Gasteiger charge is 1.96. The lowest BCUT2D eigenvalue weighted by atomic mass is 10.4. The van der Waals surface area contributed by atoms with E-state index in [1.54, 1.807) is 0 Å². The van der Waals surface area contributed by atoms with Crippen molar-refractivity contribution < 1.29 is 0 Å². The van der Waals surface area contributed by atoms with E-state index in [2.05, 4.69) is 31.4 Å². The van der Waals surface area contributed by atoms with Gasteiger partial charge >= 0.3 is 0 Å². The molecule has 8 heavy (non-hydrogen) atoms. The Labute approximate surface area is 51.7 Å². The monoisotopic (exact) mass is 116 g/mol. The van der Waals surface area contributed by atoms with Crippen LogP contribution in [0.15, 0.2) is 0 Å². The molecule has 0 heterocycles. The molecule has 50 valence electrons. The molecule has 0 radical (unpaired) electrons. The molecule has 0 aromatic carbocycles. The molecule has 0 saturated heterocycles. The van der Waals surface area contributed by atoms with Gasteiger partial charge in [-0.05, 0) is 27.8 Å². The topological polar surface area (TPSA) is 24.1 Å². The molecule has 0 aliphatic rings. The standard InChI is InChI=1S/C6H16N2/c1-5(2)8-6(3)7-4/h5-8H,1-4H3/t6-/m0/s1. The molecular weight excluding hydrogens is 100 g/mol. The van der Waals surface area contributed by atoms with E-state index >= 15 is 0 Å². The lowest BCUT2D eigenvalue weighted by molar-refractivity contribution is 0.445. The van der Waals surface area contributed by atoms with Gasteiger partial charge in [0.25, 0.3) is 0 Å². The number of hydrogen-bond acceptors (Lipinski definition) is 2. The van der Waals surface area contributed by atoms with E-state index in [0.717, 1.165) is 0 Å². The lowest BCUT2D eigenvalue weighted by Crippen LogP contribution is -2.41. The summed E-state index contributed by atoms with van der Waals surface area (Å²) in [7, 11) is 1.94. The second-order valence-electron chi connectivity index (χ2n) is 2.33. The normalized spacial score (nSPS) is 14.6. The summed E-state index contributed by atoms with van der Waals surface area (Å²) in [6.07, 6.45) is 0.426. The average Bonchev–Trinajstić information content (AvgIpc) is 1.65. The summed E-state index contributed by atoms with van der Waals surface area (Å²) >= 11 is 0. The van der Waals surface area contributed by atoms with Gasteiger partial charge in [-0.25, -0.2) is 0 Å². The Hall–Kier alpha value is -0.0800. The molecule has 2 nitrogen and oxygen atoms in total. The summed E-state index contributed by atoms with van der Waals surface area (Å²) in [5.74, 6) is 0. The zero-order valence-corrected chi connectivity index (χ0v) is 6.15. The fourth-order valence-electron chi connectivity index (χ4n) is 0.583. The summed E-state index contributed by atoms with van der Waals surface area (Å²) in [5.41, 5.74) is 0. The van der Waals surface area contributed by atoms with Crippen molar-refractivity contribution in [2.24, 2.45) is 0 Å². The van der Waals surface area contributed by atoms with Gasteiger partial charge in [0.1, 0.15) is 0 Å². The van der Waals surface area contributed by atoms with Crippen LogP contribution in [0.3, 0.4) is 0 Å². The molecule has 0 aliphatic heterocycles. The van der Waals surface area contributed by atoms with Crippen LogP contribution in [-0.2, 0) is 0 Å². The second kappa shape index (κ2) is 3.87. The number of hydrogen-bond donors (Lipinski definition) is 2. The van der Waals surface area contributed by atoms with Gasteiger partial charge in [-0.2, -0.15) is 0 Å². The maximum absolute atomic E-state index is 3.28. The first-order valence-corrected chi connectivity index (χ1v) is 3.10. The molecule has 1 atom stereocenters. The predicted octanol–water partition coefficient (Wildman–Crippen LogP) is 0.550. The quantitative estimate of drug-likeness (QED) is 0.526. The fraction of sp³-hybridized carbons (Fsp3) is 1.00. The van der Waals surface area contributed by atoms with Crippen LogP contribution in [0.5, 0.6) is 0 Å². The SMILES string of the molecule is CN[C@H](C)NC(C)C. The second-order valence-corrected chi connectivity index (χ2v) is 2.33. The minimum atomic E-state index is 0.426. The minimum absolute atomic E-state index is 0.426. The fourth-order valence-corrected chi connectivity index (χ4v) is 0.583. The van der Waals surface area contributed by atoms with Gasteiger partial charge in [0.2, 0.25) is 0 Å². The van der Waals surface area contributed by atoms with E-state index in [9.17, 15) is 0 Å². The Kier molecular flexibility index (Phi) is 3.83. The zero-order valence-electron chi connectivity index (χ0n) is 6.15. The molecule has 0 fully saturated rings. The average molecular weight is 116 g/mol. The van der Waals surface area contributed by atoms with E-state index in [1.165, 1.54) is 0 Å². The third-order valence-corrected chi connectivity index (χ3v) is 1.02. The Morgan fingerprint density at radius 3 is 1.75 bits per heavy atom. The van der Waals surface area contributed by atoms with Crippen molar-refractivity contribution in [3.8, 4) is 0 Å². The Balaban J connectivity index is 3.10. The molecule has 0 unspecified atom stereocenters. The van der Waals surface area contributed by atoms with E-state index in [0.29, 0.717) is 12.2 Å². The van der Waals surface area contributed by atoms with Crippen LogP contribution in [-0.4, -0.2) is 19.3 Å². The van der Waals surface area contributed by atoms with Crippen LogP contribution >= 0.6 is 0 Å². The molecule has 0 amide bonds. The summed E-state index contributed by atoms with van der Waals surface area (Å²) in [6.45, 7) is 6.36. The highest BCUT2D eigenvalue weighted by molar-refractivity contribution is 4.57. The molecule has 0 rings (SSSR count). The zero-order chi connectivity index (χ0) is 6.57. The van der Waals surface area contributed by atoms with Crippen LogP contribution in [0.25, 0.3) is 0 Å². The molecule has 0 spiro atoms. The van der Waals surface area contributed by atoms with E-state index < -0.39 is 0 Å². The van der Waals surface area contributed by atoms with Crippen LogP contribution in [0, 0.1) is 0 Å². The van der Waals surface area contributed by atoms with E-state index in [-0.39, 0.29) is 0 Å². The third-order valence-electron chi connectivity index (χ3n) is 1.02. The lowest BCUT2D eigenvalue weighted by Gasteiger charge is -2.14. The predicted molar refractivity (Wildman–Crippen MR) is 36.8 cm³/mol. The first-order chi connectivity index (χ1) is 3.66. The Morgan fingerprint density at radius 1 is 1.12 bits per heavy atom. The van der Waals surface area contributed by atoms with Gasteiger partial charge in [0.15, 0.2) is 0 Å². The van der Waals surface area contributed by atoms with Gasteiger partial charge in [0.05, 0.1) is 6.17 Å². The maximum atomic E-state index is 3.28. The van der Waals surface area contributed by atoms with Crippen molar-refractivity contribution in [1.29, 1.82) is 0 Å².